The highest BCUT2D eigenvalue weighted by Gasteiger charge is 2.22. The molecule has 4 rings (SSSR count). The number of nitrogen functional groups attached to an aromatic ring is 1. The van der Waals surface area contributed by atoms with Crippen LogP contribution in [0.25, 0.3) is 11.3 Å². The van der Waals surface area contributed by atoms with E-state index < -0.39 is 0 Å². The Morgan fingerprint density at radius 2 is 1.87 bits per heavy atom. The van der Waals surface area contributed by atoms with Gasteiger partial charge in [-0.2, -0.15) is 0 Å². The number of rotatable bonds is 6. The van der Waals surface area contributed by atoms with Crippen molar-refractivity contribution in [2.24, 2.45) is 5.92 Å². The van der Waals surface area contributed by atoms with Gasteiger partial charge in [-0.15, -0.1) is 0 Å². The molecule has 3 N–H and O–H groups in total. The smallest absolute Gasteiger partial charge is 0.225 e. The Hall–Kier alpha value is -3.21. The van der Waals surface area contributed by atoms with Crippen LogP contribution in [0, 0.1) is 5.92 Å². The number of fused-ring (bicyclic) bond motifs is 3. The second-order valence-electron chi connectivity index (χ2n) is 8.36. The van der Waals surface area contributed by atoms with Gasteiger partial charge in [-0.05, 0) is 54.9 Å². The lowest BCUT2D eigenvalue weighted by Gasteiger charge is -2.21. The molecule has 3 aromatic rings. The van der Waals surface area contributed by atoms with Crippen molar-refractivity contribution < 1.29 is 4.79 Å². The van der Waals surface area contributed by atoms with Crippen LogP contribution in [-0.4, -0.2) is 15.9 Å². The molecule has 1 aliphatic rings. The van der Waals surface area contributed by atoms with Crippen LogP contribution in [0.2, 0.25) is 0 Å². The second kappa shape index (κ2) is 8.66. The average Bonchev–Trinajstić information content (AvgIpc) is 2.72. The number of carbonyl (C=O) groups excluding carboxylic acids is 1. The highest BCUT2D eigenvalue weighted by molar-refractivity contribution is 5.90. The molecule has 1 heterocycles. The molecule has 154 valence electrons. The third-order valence-corrected chi connectivity index (χ3v) is 5.40. The molecule has 2 aromatic carbocycles. The van der Waals surface area contributed by atoms with E-state index in [9.17, 15) is 4.79 Å². The quantitative estimate of drug-likeness (QED) is 0.593. The third kappa shape index (κ3) is 4.51. The number of aromatic nitrogens is 2. The monoisotopic (exact) mass is 400 g/mol. The SMILES string of the molecule is CC(C)CC(=O)Nc1nc2c(nc1CCc1ccccc1)-c1ccc(N)cc1CC2. The van der Waals surface area contributed by atoms with Gasteiger partial charge < -0.3 is 11.1 Å². The summed E-state index contributed by atoms with van der Waals surface area (Å²) in [6, 6.07) is 16.3. The number of hydrogen-bond acceptors (Lipinski definition) is 4. The molecular formula is C25H28N4O. The topological polar surface area (TPSA) is 80.9 Å². The number of anilines is 2. The maximum absolute atomic E-state index is 12.5. The Morgan fingerprint density at radius 3 is 2.63 bits per heavy atom. The minimum Gasteiger partial charge on any atom is -0.399 e. The lowest BCUT2D eigenvalue weighted by Crippen LogP contribution is -2.19. The normalized spacial score (nSPS) is 12.4. The van der Waals surface area contributed by atoms with E-state index in [0.717, 1.165) is 47.6 Å². The molecule has 1 aromatic heterocycles. The number of nitrogens with one attached hydrogen (secondary N) is 1. The number of nitrogens with two attached hydrogens (primary N) is 1. The zero-order chi connectivity index (χ0) is 21.1. The summed E-state index contributed by atoms with van der Waals surface area (Å²) in [7, 11) is 0. The van der Waals surface area contributed by atoms with Crippen LogP contribution in [0.4, 0.5) is 11.5 Å². The van der Waals surface area contributed by atoms with Crippen molar-refractivity contribution in [2.75, 3.05) is 11.1 Å². The largest absolute Gasteiger partial charge is 0.399 e. The Bertz CT molecular complexity index is 1060. The van der Waals surface area contributed by atoms with E-state index in [-0.39, 0.29) is 5.91 Å². The lowest BCUT2D eigenvalue weighted by atomic mass is 9.91. The van der Waals surface area contributed by atoms with Gasteiger partial charge in [0.1, 0.15) is 0 Å². The molecular weight excluding hydrogens is 372 g/mol. The Labute approximate surface area is 177 Å². The van der Waals surface area contributed by atoms with Crippen LogP contribution in [0.15, 0.2) is 48.5 Å². The molecule has 30 heavy (non-hydrogen) atoms. The van der Waals surface area contributed by atoms with Gasteiger partial charge in [-0.25, -0.2) is 9.97 Å². The number of carbonyl (C=O) groups is 1. The number of benzene rings is 2. The van der Waals surface area contributed by atoms with Crippen molar-refractivity contribution >= 4 is 17.4 Å². The molecule has 5 heteroatoms. The fraction of sp³-hybridized carbons (Fsp3) is 0.320. The number of amides is 1. The van der Waals surface area contributed by atoms with Crippen LogP contribution in [0.3, 0.4) is 0 Å². The van der Waals surface area contributed by atoms with E-state index in [4.69, 9.17) is 15.7 Å². The Kier molecular flexibility index (Phi) is 5.79. The van der Waals surface area contributed by atoms with Crippen LogP contribution in [-0.2, 0) is 30.5 Å². The maximum atomic E-state index is 12.5. The van der Waals surface area contributed by atoms with Crippen LogP contribution >= 0.6 is 0 Å². The van der Waals surface area contributed by atoms with Crippen LogP contribution in [0.1, 0.15) is 42.8 Å². The zero-order valence-corrected chi connectivity index (χ0v) is 17.6. The summed E-state index contributed by atoms with van der Waals surface area (Å²) < 4.78 is 0. The lowest BCUT2D eigenvalue weighted by molar-refractivity contribution is -0.116. The first-order chi connectivity index (χ1) is 14.5. The molecule has 1 aliphatic carbocycles. The van der Waals surface area contributed by atoms with E-state index in [1.165, 1.54) is 11.1 Å². The van der Waals surface area contributed by atoms with E-state index in [1.807, 2.05) is 50.2 Å². The molecule has 0 atom stereocenters. The van der Waals surface area contributed by atoms with Gasteiger partial charge in [0, 0.05) is 17.7 Å². The molecule has 0 radical (unpaired) electrons. The molecule has 0 aliphatic heterocycles. The fourth-order valence-electron chi connectivity index (χ4n) is 3.94. The zero-order valence-electron chi connectivity index (χ0n) is 17.6. The molecule has 0 bridgehead atoms. The van der Waals surface area contributed by atoms with Gasteiger partial charge in [0.25, 0.3) is 0 Å². The summed E-state index contributed by atoms with van der Waals surface area (Å²) in [6.07, 6.45) is 3.70. The summed E-state index contributed by atoms with van der Waals surface area (Å²) >= 11 is 0. The first-order valence-electron chi connectivity index (χ1n) is 10.6. The first-order valence-corrected chi connectivity index (χ1v) is 10.6. The van der Waals surface area contributed by atoms with Gasteiger partial charge >= 0.3 is 0 Å². The van der Waals surface area contributed by atoms with Gasteiger partial charge in [0.15, 0.2) is 5.82 Å². The van der Waals surface area contributed by atoms with E-state index >= 15 is 0 Å². The fourth-order valence-corrected chi connectivity index (χ4v) is 3.94. The molecule has 5 nitrogen and oxygen atoms in total. The van der Waals surface area contributed by atoms with Gasteiger partial charge in [-0.3, -0.25) is 4.79 Å². The molecule has 0 saturated heterocycles. The summed E-state index contributed by atoms with van der Waals surface area (Å²) in [5, 5.41) is 3.03. The minimum atomic E-state index is -0.0100. The summed E-state index contributed by atoms with van der Waals surface area (Å²) in [5.74, 6) is 0.888. The molecule has 0 spiro atoms. The summed E-state index contributed by atoms with van der Waals surface area (Å²) in [5.41, 5.74) is 13.0. The summed E-state index contributed by atoms with van der Waals surface area (Å²) in [6.45, 7) is 4.08. The second-order valence-corrected chi connectivity index (χ2v) is 8.36. The third-order valence-electron chi connectivity index (χ3n) is 5.40. The predicted octanol–water partition coefficient (Wildman–Crippen LogP) is 4.59. The van der Waals surface area contributed by atoms with Crippen molar-refractivity contribution in [2.45, 2.75) is 46.0 Å². The average molecular weight is 401 g/mol. The highest BCUT2D eigenvalue weighted by atomic mass is 16.1. The Balaban J connectivity index is 1.70. The number of aryl methyl sites for hydroxylation is 4. The van der Waals surface area contributed by atoms with E-state index in [2.05, 4.69) is 17.4 Å². The van der Waals surface area contributed by atoms with Crippen molar-refractivity contribution in [3.05, 3.63) is 71.0 Å². The minimum absolute atomic E-state index is 0.0100. The predicted molar refractivity (Wildman–Crippen MR) is 121 cm³/mol. The highest BCUT2D eigenvalue weighted by Crippen LogP contribution is 2.34. The molecule has 0 unspecified atom stereocenters. The maximum Gasteiger partial charge on any atom is 0.225 e. The molecule has 0 fully saturated rings. The van der Waals surface area contributed by atoms with E-state index in [0.29, 0.717) is 24.6 Å². The summed E-state index contributed by atoms with van der Waals surface area (Å²) in [4.78, 5) is 22.3. The molecule has 1 amide bonds. The van der Waals surface area contributed by atoms with Gasteiger partial charge in [0.05, 0.1) is 17.1 Å². The number of nitrogens with zero attached hydrogens (tertiary/aromatic N) is 2. The van der Waals surface area contributed by atoms with Crippen LogP contribution in [0.5, 0.6) is 0 Å². The van der Waals surface area contributed by atoms with Gasteiger partial charge in [0.2, 0.25) is 5.91 Å². The number of hydrogen-bond donors (Lipinski definition) is 2. The van der Waals surface area contributed by atoms with Gasteiger partial charge in [-0.1, -0.05) is 50.2 Å². The van der Waals surface area contributed by atoms with E-state index in [1.54, 1.807) is 0 Å². The van der Waals surface area contributed by atoms with Crippen molar-refractivity contribution in [3.63, 3.8) is 0 Å². The first kappa shape index (κ1) is 20.1. The standard InChI is InChI=1S/C25H28N4O/c1-16(2)14-23(30)29-25-22(12-8-17-6-4-3-5-7-17)27-24-20-11-10-19(26)15-18(20)9-13-21(24)28-25/h3-7,10-11,15-16H,8-9,12-14,26H2,1-2H3,(H,28,29,30). The van der Waals surface area contributed by atoms with Crippen molar-refractivity contribution in [1.29, 1.82) is 0 Å². The van der Waals surface area contributed by atoms with Crippen molar-refractivity contribution in [3.8, 4) is 11.3 Å². The van der Waals surface area contributed by atoms with Crippen LogP contribution < -0.4 is 11.1 Å². The van der Waals surface area contributed by atoms with Crippen molar-refractivity contribution in [1.82, 2.24) is 9.97 Å². The molecule has 0 saturated carbocycles. The Morgan fingerprint density at radius 1 is 1.07 bits per heavy atom.